The Morgan fingerprint density at radius 1 is 1.03 bits per heavy atom. The third-order valence-electron chi connectivity index (χ3n) is 6.22. The molecule has 1 atom stereocenters. The van der Waals surface area contributed by atoms with Crippen LogP contribution >= 0.6 is 11.6 Å². The number of carbonyl (C=O) groups is 1. The van der Waals surface area contributed by atoms with Gasteiger partial charge < -0.3 is 9.25 Å². The van der Waals surface area contributed by atoms with Crippen LogP contribution in [0, 0.1) is 17.8 Å². The monoisotopic (exact) mass is 423 g/mol. The summed E-state index contributed by atoms with van der Waals surface area (Å²) in [5.74, 6) is 2.45. The van der Waals surface area contributed by atoms with Gasteiger partial charge in [-0.1, -0.05) is 43.2 Å². The summed E-state index contributed by atoms with van der Waals surface area (Å²) in [5.41, 5.74) is 4.14. The molecular formula is C23H22ClN3O3. The van der Waals surface area contributed by atoms with Gasteiger partial charge in [-0.2, -0.15) is 4.98 Å². The van der Waals surface area contributed by atoms with Crippen molar-refractivity contribution in [2.75, 3.05) is 5.48 Å². The van der Waals surface area contributed by atoms with E-state index in [2.05, 4.69) is 15.4 Å². The third-order valence-corrected chi connectivity index (χ3v) is 6.39. The van der Waals surface area contributed by atoms with E-state index in [-0.39, 0.29) is 17.2 Å². The number of hydrogen-bond donors (Lipinski definition) is 1. The molecule has 30 heavy (non-hydrogen) atoms. The lowest BCUT2D eigenvalue weighted by Crippen LogP contribution is -2.37. The molecule has 0 saturated heterocycles. The predicted octanol–water partition coefficient (Wildman–Crippen LogP) is 5.75. The summed E-state index contributed by atoms with van der Waals surface area (Å²) in [6.07, 6.45) is 5.64. The summed E-state index contributed by atoms with van der Waals surface area (Å²) in [6, 6.07) is 15.2. The number of fused-ring (bicyclic) bond motifs is 3. The molecule has 7 heteroatoms. The Morgan fingerprint density at radius 2 is 1.80 bits per heavy atom. The predicted molar refractivity (Wildman–Crippen MR) is 113 cm³/mol. The van der Waals surface area contributed by atoms with Crippen LogP contribution in [-0.2, 0) is 9.63 Å². The first-order valence-corrected chi connectivity index (χ1v) is 10.7. The molecule has 3 aromatic rings. The van der Waals surface area contributed by atoms with Gasteiger partial charge in [0.2, 0.25) is 5.28 Å². The molecule has 6 rings (SSSR count). The number of aromatic nitrogens is 2. The Hall–Kier alpha value is -2.86. The number of nitrogens with one attached hydrogen (secondary N) is 1. The number of carbonyl (C=O) groups excluding carboxylic acids is 1. The van der Waals surface area contributed by atoms with Gasteiger partial charge in [0.1, 0.15) is 11.5 Å². The number of benzene rings is 1. The molecule has 6 nitrogen and oxygen atoms in total. The highest BCUT2D eigenvalue weighted by molar-refractivity contribution is 6.28. The van der Waals surface area contributed by atoms with E-state index >= 15 is 0 Å². The zero-order valence-electron chi connectivity index (χ0n) is 16.4. The Balaban J connectivity index is 1.29. The minimum Gasteiger partial charge on any atom is -0.454 e. The number of anilines is 1. The third kappa shape index (κ3) is 3.92. The van der Waals surface area contributed by atoms with E-state index in [1.54, 1.807) is 6.07 Å². The minimum absolute atomic E-state index is 0.0275. The highest BCUT2D eigenvalue weighted by atomic mass is 35.5. The smallest absolute Gasteiger partial charge is 0.335 e. The maximum absolute atomic E-state index is 12.6. The van der Waals surface area contributed by atoms with Crippen LogP contribution < -0.4 is 5.48 Å². The highest BCUT2D eigenvalue weighted by Crippen LogP contribution is 2.45. The topological polar surface area (TPSA) is 77.2 Å². The second-order valence-corrected chi connectivity index (χ2v) is 8.42. The summed E-state index contributed by atoms with van der Waals surface area (Å²) in [6.45, 7) is 0. The maximum atomic E-state index is 12.6. The number of halogens is 1. The van der Waals surface area contributed by atoms with Crippen LogP contribution in [-0.4, -0.2) is 15.9 Å². The summed E-state index contributed by atoms with van der Waals surface area (Å²) < 4.78 is 5.94. The van der Waals surface area contributed by atoms with Crippen LogP contribution in [0.2, 0.25) is 5.28 Å². The normalized spacial score (nSPS) is 22.6. The molecule has 2 heterocycles. The van der Waals surface area contributed by atoms with E-state index in [0.29, 0.717) is 29.1 Å². The molecule has 3 fully saturated rings. The van der Waals surface area contributed by atoms with Gasteiger partial charge in [-0.25, -0.2) is 15.3 Å². The fourth-order valence-electron chi connectivity index (χ4n) is 4.67. The van der Waals surface area contributed by atoms with Crippen molar-refractivity contribution in [1.82, 2.24) is 9.97 Å². The molecule has 154 valence electrons. The highest BCUT2D eigenvalue weighted by Gasteiger charge is 2.40. The first-order chi connectivity index (χ1) is 14.7. The van der Waals surface area contributed by atoms with Gasteiger partial charge in [0, 0.05) is 11.6 Å². The molecule has 0 radical (unpaired) electrons. The molecule has 3 saturated carbocycles. The van der Waals surface area contributed by atoms with Crippen molar-refractivity contribution in [2.24, 2.45) is 17.8 Å². The largest absolute Gasteiger partial charge is 0.454 e. The average Bonchev–Trinajstić information content (AvgIpc) is 3.29. The molecule has 2 aromatic heterocycles. The average molecular weight is 424 g/mol. The number of hydrogen-bond acceptors (Lipinski definition) is 6. The van der Waals surface area contributed by atoms with Crippen molar-refractivity contribution in [1.29, 1.82) is 0 Å². The van der Waals surface area contributed by atoms with Gasteiger partial charge in [-0.15, -0.1) is 0 Å². The van der Waals surface area contributed by atoms with Crippen LogP contribution in [0.25, 0.3) is 22.8 Å². The molecule has 3 aliphatic rings. The fraction of sp³-hybridized carbons (Fsp3) is 0.348. The molecular weight excluding hydrogens is 402 g/mol. The number of furan rings is 1. The Bertz CT molecular complexity index is 1040. The SMILES string of the molecule is O=C(ONc1cc(-c2ccc(-c3ccccc3)o2)nc(Cl)n1)C1CC2CCC1CC2. The van der Waals surface area contributed by atoms with Crippen LogP contribution in [0.4, 0.5) is 5.82 Å². The zero-order chi connectivity index (χ0) is 20.5. The van der Waals surface area contributed by atoms with Crippen LogP contribution in [0.3, 0.4) is 0 Å². The van der Waals surface area contributed by atoms with E-state index in [9.17, 15) is 4.79 Å². The second kappa shape index (κ2) is 8.11. The van der Waals surface area contributed by atoms with Crippen LogP contribution in [0.1, 0.15) is 32.1 Å². The Morgan fingerprint density at radius 3 is 2.53 bits per heavy atom. The maximum Gasteiger partial charge on any atom is 0.335 e. The van der Waals surface area contributed by atoms with Crippen molar-refractivity contribution in [2.45, 2.75) is 32.1 Å². The number of rotatable bonds is 5. The van der Waals surface area contributed by atoms with Gasteiger partial charge >= 0.3 is 5.97 Å². The van der Waals surface area contributed by atoms with Gasteiger partial charge in [0.15, 0.2) is 11.6 Å². The minimum atomic E-state index is -0.218. The van der Waals surface area contributed by atoms with Gasteiger partial charge in [0.05, 0.1) is 5.92 Å². The molecule has 0 amide bonds. The van der Waals surface area contributed by atoms with Crippen molar-refractivity contribution < 1.29 is 14.0 Å². The van der Waals surface area contributed by atoms with Crippen molar-refractivity contribution in [3.05, 3.63) is 53.8 Å². The lowest BCUT2D eigenvalue weighted by molar-refractivity contribution is -0.151. The summed E-state index contributed by atoms with van der Waals surface area (Å²) in [5, 5.41) is 0.0421. The lowest BCUT2D eigenvalue weighted by Gasteiger charge is -2.40. The van der Waals surface area contributed by atoms with Gasteiger partial charge in [0.25, 0.3) is 0 Å². The van der Waals surface area contributed by atoms with Crippen LogP contribution in [0.15, 0.2) is 52.9 Å². The summed E-state index contributed by atoms with van der Waals surface area (Å²) in [7, 11) is 0. The van der Waals surface area contributed by atoms with E-state index < -0.39 is 0 Å². The summed E-state index contributed by atoms with van der Waals surface area (Å²) >= 11 is 6.09. The zero-order valence-corrected chi connectivity index (χ0v) is 17.1. The molecule has 0 aliphatic heterocycles. The van der Waals surface area contributed by atoms with E-state index in [1.165, 1.54) is 12.8 Å². The molecule has 1 aromatic carbocycles. The Labute approximate surface area is 179 Å². The molecule has 1 unspecified atom stereocenters. The Kier molecular flexibility index (Phi) is 5.17. The van der Waals surface area contributed by atoms with Crippen LogP contribution in [0.5, 0.6) is 0 Å². The molecule has 2 bridgehead atoms. The van der Waals surface area contributed by atoms with E-state index in [4.69, 9.17) is 20.9 Å². The summed E-state index contributed by atoms with van der Waals surface area (Å²) in [4.78, 5) is 26.3. The number of nitrogens with zero attached hydrogens (tertiary/aromatic N) is 2. The van der Waals surface area contributed by atoms with Gasteiger partial charge in [-0.05, 0) is 54.8 Å². The standard InChI is InChI=1S/C23H22ClN3O3/c24-23-25-18(20-11-10-19(29-20)16-4-2-1-3-5-16)13-21(26-23)27-30-22(28)17-12-14-6-8-15(17)9-7-14/h1-5,10-11,13-15,17H,6-9,12H2,(H,25,26,27). The first-order valence-electron chi connectivity index (χ1n) is 10.3. The quantitative estimate of drug-likeness (QED) is 0.415. The van der Waals surface area contributed by atoms with E-state index in [0.717, 1.165) is 30.6 Å². The first kappa shape index (κ1) is 19.1. The second-order valence-electron chi connectivity index (χ2n) is 8.08. The van der Waals surface area contributed by atoms with Crippen molar-refractivity contribution in [3.8, 4) is 22.8 Å². The fourth-order valence-corrected chi connectivity index (χ4v) is 4.86. The van der Waals surface area contributed by atoms with Gasteiger partial charge in [-0.3, -0.25) is 0 Å². The molecule has 3 aliphatic carbocycles. The van der Waals surface area contributed by atoms with Crippen molar-refractivity contribution in [3.63, 3.8) is 0 Å². The van der Waals surface area contributed by atoms with Crippen molar-refractivity contribution >= 4 is 23.4 Å². The molecule has 1 N–H and O–H groups in total. The molecule has 0 spiro atoms. The lowest BCUT2D eigenvalue weighted by atomic mass is 9.65. The van der Waals surface area contributed by atoms with E-state index in [1.807, 2.05) is 42.5 Å².